The molecule has 10 heavy (non-hydrogen) atoms. The Morgan fingerprint density at radius 2 is 2.30 bits per heavy atom. The zero-order valence-electron chi connectivity index (χ0n) is 5.51. The summed E-state index contributed by atoms with van der Waals surface area (Å²) in [7, 11) is 0. The molecule has 1 heterocycles. The molecule has 0 unspecified atom stereocenters. The fraction of sp³-hybridized carbons (Fsp3) is 0.143. The fourth-order valence-electron chi connectivity index (χ4n) is 1.09. The van der Waals surface area contributed by atoms with Gasteiger partial charge in [0.1, 0.15) is 5.75 Å². The van der Waals surface area contributed by atoms with Crippen LogP contribution in [0.5, 0.6) is 5.75 Å². The molecule has 3 heteroatoms. The molecular formula is C7H7NO2. The normalized spacial score (nSPS) is 10.9. The largest absolute Gasteiger partial charge is 0.507 e. The van der Waals surface area contributed by atoms with Crippen LogP contribution in [0.3, 0.4) is 0 Å². The van der Waals surface area contributed by atoms with E-state index in [4.69, 9.17) is 4.52 Å². The average Bonchev–Trinajstić information content (AvgIpc) is 2.40. The number of H-pyrrole nitrogens is 1. The van der Waals surface area contributed by atoms with Crippen LogP contribution in [0.15, 0.2) is 16.7 Å². The number of aromatic hydroxyl groups is 1. The first-order valence-electron chi connectivity index (χ1n) is 3.04. The molecule has 1 aliphatic carbocycles. The number of fused-ring (bicyclic) bond motifs is 1. The Kier molecular flexibility index (Phi) is 0.845. The summed E-state index contributed by atoms with van der Waals surface area (Å²) >= 11 is 0. The highest BCUT2D eigenvalue weighted by Crippen LogP contribution is 2.35. The summed E-state index contributed by atoms with van der Waals surface area (Å²) in [6.07, 6.45) is 0. The van der Waals surface area contributed by atoms with Crippen molar-refractivity contribution in [3.8, 4) is 17.1 Å². The summed E-state index contributed by atoms with van der Waals surface area (Å²) in [6.45, 7) is 1.85. The summed E-state index contributed by atoms with van der Waals surface area (Å²) in [5.41, 5.74) is 1.64. The van der Waals surface area contributed by atoms with E-state index >= 15 is 0 Å². The van der Waals surface area contributed by atoms with E-state index < -0.39 is 0 Å². The number of aryl methyl sites for hydroxylation is 1. The Bertz CT molecular complexity index is 292. The number of aromatic nitrogens is 1. The van der Waals surface area contributed by atoms with Gasteiger partial charge in [-0.05, 0) is 19.1 Å². The quantitative estimate of drug-likeness (QED) is 0.580. The topological polar surface area (TPSA) is 49.2 Å². The molecule has 0 fully saturated rings. The van der Waals surface area contributed by atoms with Crippen LogP contribution in [-0.2, 0) is 0 Å². The maximum absolute atomic E-state index is 9.20. The van der Waals surface area contributed by atoms with Crippen molar-refractivity contribution < 1.29 is 9.63 Å². The van der Waals surface area contributed by atoms with Gasteiger partial charge in [-0.2, -0.15) is 0 Å². The van der Waals surface area contributed by atoms with E-state index in [-0.39, 0.29) is 5.75 Å². The first-order chi connectivity index (χ1) is 4.79. The lowest BCUT2D eigenvalue weighted by atomic mass is 10.2. The average molecular weight is 137 g/mol. The summed E-state index contributed by atoms with van der Waals surface area (Å²) in [4.78, 5) is 0. The number of rotatable bonds is 0. The fourth-order valence-corrected chi connectivity index (χ4v) is 1.09. The lowest BCUT2D eigenvalue weighted by Crippen LogP contribution is -1.69. The molecule has 0 saturated carbocycles. The molecule has 2 rings (SSSR count). The third-order valence-corrected chi connectivity index (χ3v) is 1.58. The van der Waals surface area contributed by atoms with Crippen molar-refractivity contribution >= 4 is 0 Å². The minimum atomic E-state index is 0.275. The standard InChI is InChI=1S/C7H7NO2/c1-4-7-5(9)2-3-6(7)10-8-4/h2-3,8-9H,1H3. The first kappa shape index (κ1) is 5.41. The molecule has 2 aliphatic rings. The van der Waals surface area contributed by atoms with Gasteiger partial charge in [-0.1, -0.05) is 0 Å². The SMILES string of the molecule is Cc1[nH]oc2ccc(O)c1-2. The minimum absolute atomic E-state index is 0.275. The van der Waals surface area contributed by atoms with Gasteiger partial charge in [0.25, 0.3) is 0 Å². The molecule has 0 saturated heterocycles. The highest BCUT2D eigenvalue weighted by molar-refractivity contribution is 5.71. The maximum atomic E-state index is 9.20. The van der Waals surface area contributed by atoms with Crippen molar-refractivity contribution in [2.45, 2.75) is 6.92 Å². The zero-order valence-corrected chi connectivity index (χ0v) is 5.51. The Morgan fingerprint density at radius 3 is 3.00 bits per heavy atom. The van der Waals surface area contributed by atoms with Gasteiger partial charge in [-0.15, -0.1) is 0 Å². The van der Waals surface area contributed by atoms with E-state index in [1.54, 1.807) is 12.1 Å². The highest BCUT2D eigenvalue weighted by atomic mass is 16.5. The summed E-state index contributed by atoms with van der Waals surface area (Å²) < 4.78 is 4.98. The van der Waals surface area contributed by atoms with Crippen LogP contribution in [0.4, 0.5) is 0 Å². The van der Waals surface area contributed by atoms with Crippen LogP contribution >= 0.6 is 0 Å². The molecule has 0 atom stereocenters. The molecule has 0 aromatic carbocycles. The predicted molar refractivity (Wildman–Crippen MR) is 36.1 cm³/mol. The van der Waals surface area contributed by atoms with Gasteiger partial charge >= 0.3 is 0 Å². The Labute approximate surface area is 57.6 Å². The monoisotopic (exact) mass is 137 g/mol. The molecular weight excluding hydrogens is 130 g/mol. The molecule has 0 spiro atoms. The summed E-state index contributed by atoms with van der Waals surface area (Å²) in [5.74, 6) is 0.979. The van der Waals surface area contributed by atoms with Crippen molar-refractivity contribution in [2.24, 2.45) is 0 Å². The molecule has 0 aromatic heterocycles. The zero-order chi connectivity index (χ0) is 7.14. The van der Waals surface area contributed by atoms with Gasteiger partial charge in [0.2, 0.25) is 0 Å². The van der Waals surface area contributed by atoms with E-state index in [2.05, 4.69) is 5.16 Å². The third-order valence-electron chi connectivity index (χ3n) is 1.58. The van der Waals surface area contributed by atoms with Crippen molar-refractivity contribution in [1.82, 2.24) is 5.16 Å². The Balaban J connectivity index is 2.80. The van der Waals surface area contributed by atoms with Crippen molar-refractivity contribution in [3.63, 3.8) is 0 Å². The van der Waals surface area contributed by atoms with E-state index in [0.717, 1.165) is 11.3 Å². The van der Waals surface area contributed by atoms with Gasteiger partial charge in [-0.3, -0.25) is 0 Å². The van der Waals surface area contributed by atoms with Gasteiger partial charge in [0.05, 0.1) is 11.3 Å². The molecule has 52 valence electrons. The van der Waals surface area contributed by atoms with Gasteiger partial charge in [-0.25, -0.2) is 5.16 Å². The minimum Gasteiger partial charge on any atom is -0.507 e. The van der Waals surface area contributed by atoms with Gasteiger partial charge in [0.15, 0.2) is 5.76 Å². The number of aromatic amines is 1. The molecule has 0 radical (unpaired) electrons. The first-order valence-corrected chi connectivity index (χ1v) is 3.04. The highest BCUT2D eigenvalue weighted by Gasteiger charge is 2.15. The van der Waals surface area contributed by atoms with Crippen LogP contribution in [0.2, 0.25) is 0 Å². The Morgan fingerprint density at radius 1 is 1.50 bits per heavy atom. The lowest BCUT2D eigenvalue weighted by Gasteiger charge is -1.86. The smallest absolute Gasteiger partial charge is 0.167 e. The lowest BCUT2D eigenvalue weighted by molar-refractivity contribution is 0.429. The molecule has 2 N–H and O–H groups in total. The van der Waals surface area contributed by atoms with E-state index in [1.165, 1.54) is 0 Å². The second kappa shape index (κ2) is 1.56. The van der Waals surface area contributed by atoms with Crippen molar-refractivity contribution in [3.05, 3.63) is 17.8 Å². The second-order valence-electron chi connectivity index (χ2n) is 2.29. The Hall–Kier alpha value is -1.38. The van der Waals surface area contributed by atoms with Crippen LogP contribution in [-0.4, -0.2) is 10.3 Å². The molecule has 0 aromatic rings. The number of hydrogen-bond donors (Lipinski definition) is 2. The van der Waals surface area contributed by atoms with Gasteiger partial charge < -0.3 is 9.63 Å². The summed E-state index contributed by atoms with van der Waals surface area (Å²) in [6, 6.07) is 3.35. The molecule has 3 nitrogen and oxygen atoms in total. The molecule has 0 amide bonds. The maximum Gasteiger partial charge on any atom is 0.167 e. The summed E-state index contributed by atoms with van der Waals surface area (Å²) in [5, 5.41) is 11.9. The van der Waals surface area contributed by atoms with Crippen LogP contribution in [0.1, 0.15) is 5.69 Å². The van der Waals surface area contributed by atoms with Crippen molar-refractivity contribution in [1.29, 1.82) is 0 Å². The molecule has 1 aliphatic heterocycles. The third kappa shape index (κ3) is 0.492. The molecule has 0 bridgehead atoms. The van der Waals surface area contributed by atoms with E-state index in [1.807, 2.05) is 6.92 Å². The predicted octanol–water partition coefficient (Wildman–Crippen LogP) is 1.73. The van der Waals surface area contributed by atoms with Gasteiger partial charge in [0, 0.05) is 0 Å². The number of nitrogens with one attached hydrogen (secondary N) is 1. The second-order valence-corrected chi connectivity index (χ2v) is 2.29. The van der Waals surface area contributed by atoms with Crippen LogP contribution < -0.4 is 0 Å². The van der Waals surface area contributed by atoms with Crippen molar-refractivity contribution in [2.75, 3.05) is 0 Å². The van der Waals surface area contributed by atoms with Crippen LogP contribution in [0.25, 0.3) is 11.3 Å². The number of hydrogen-bond acceptors (Lipinski definition) is 2. The van der Waals surface area contributed by atoms with E-state index in [9.17, 15) is 5.11 Å². The van der Waals surface area contributed by atoms with E-state index in [0.29, 0.717) is 5.76 Å². The van der Waals surface area contributed by atoms with Crippen LogP contribution in [0, 0.1) is 6.92 Å².